The molecule has 3 rings (SSSR count). The van der Waals surface area contributed by atoms with Crippen molar-refractivity contribution >= 4 is 5.78 Å². The molecule has 0 radical (unpaired) electrons. The Morgan fingerprint density at radius 1 is 1.19 bits per heavy atom. The molecule has 0 spiro atoms. The first kappa shape index (κ1) is 19.5. The summed E-state index contributed by atoms with van der Waals surface area (Å²) >= 11 is 0. The Hall–Kier alpha value is -2.24. The summed E-state index contributed by atoms with van der Waals surface area (Å²) in [6.45, 7) is 5.29. The average Bonchev–Trinajstić information content (AvgIpc) is 2.72. The number of ketones is 1. The molecule has 1 fully saturated rings. The van der Waals surface area contributed by atoms with E-state index in [2.05, 4.69) is 16.0 Å². The number of hydrogen-bond acceptors (Lipinski definition) is 5. The molecule has 27 heavy (non-hydrogen) atoms. The van der Waals surface area contributed by atoms with Gasteiger partial charge in [-0.05, 0) is 50.1 Å². The zero-order valence-electron chi connectivity index (χ0n) is 16.0. The summed E-state index contributed by atoms with van der Waals surface area (Å²) in [6.07, 6.45) is 7.50. The van der Waals surface area contributed by atoms with E-state index in [0.717, 1.165) is 13.1 Å². The summed E-state index contributed by atoms with van der Waals surface area (Å²) in [5.74, 6) is 0.750. The minimum absolute atomic E-state index is 0.0430. The smallest absolute Gasteiger partial charge is 0.159 e. The molecule has 1 aliphatic heterocycles. The number of likely N-dealkylation sites (tertiary alicyclic amines) is 1. The van der Waals surface area contributed by atoms with Gasteiger partial charge in [0.25, 0.3) is 0 Å². The maximum absolute atomic E-state index is 11.4. The molecule has 2 heterocycles. The van der Waals surface area contributed by atoms with Gasteiger partial charge in [-0.3, -0.25) is 14.7 Å². The van der Waals surface area contributed by atoms with Crippen molar-refractivity contribution in [3.63, 3.8) is 0 Å². The molecular formula is C22H28N2O3. The van der Waals surface area contributed by atoms with Crippen LogP contribution in [0.1, 0.15) is 48.1 Å². The highest BCUT2D eigenvalue weighted by Gasteiger charge is 2.23. The number of ether oxygens (including phenoxy) is 2. The molecular weight excluding hydrogens is 340 g/mol. The summed E-state index contributed by atoms with van der Waals surface area (Å²) < 4.78 is 11.5. The van der Waals surface area contributed by atoms with Crippen LogP contribution in [0.15, 0.2) is 48.8 Å². The van der Waals surface area contributed by atoms with Crippen LogP contribution in [0.2, 0.25) is 0 Å². The Bertz CT molecular complexity index is 721. The van der Waals surface area contributed by atoms with Crippen LogP contribution in [0.5, 0.6) is 5.75 Å². The number of rotatable bonds is 9. The van der Waals surface area contributed by atoms with Crippen LogP contribution in [-0.4, -0.2) is 48.6 Å². The van der Waals surface area contributed by atoms with Crippen molar-refractivity contribution < 1.29 is 14.3 Å². The summed E-state index contributed by atoms with van der Waals surface area (Å²) in [5, 5.41) is 0. The van der Waals surface area contributed by atoms with E-state index in [-0.39, 0.29) is 5.78 Å². The SMILES string of the molecule is CC(=O)c1cccc(OCCOCCN2CCCC[C@@H]2c2cccnc2)c1. The molecule has 1 aromatic heterocycles. The van der Waals surface area contributed by atoms with Crippen molar-refractivity contribution in [2.75, 3.05) is 32.9 Å². The van der Waals surface area contributed by atoms with Crippen LogP contribution in [-0.2, 0) is 4.74 Å². The van der Waals surface area contributed by atoms with Gasteiger partial charge in [-0.1, -0.05) is 24.6 Å². The van der Waals surface area contributed by atoms with Gasteiger partial charge in [0.1, 0.15) is 12.4 Å². The zero-order chi connectivity index (χ0) is 18.9. The van der Waals surface area contributed by atoms with E-state index in [1.165, 1.54) is 24.8 Å². The minimum atomic E-state index is 0.0430. The van der Waals surface area contributed by atoms with Gasteiger partial charge in [0.2, 0.25) is 0 Å². The number of benzene rings is 1. The Kier molecular flexibility index (Phi) is 7.36. The lowest BCUT2D eigenvalue weighted by Crippen LogP contribution is -2.36. The molecule has 1 aromatic carbocycles. The number of pyridine rings is 1. The van der Waals surface area contributed by atoms with Gasteiger partial charge < -0.3 is 9.47 Å². The maximum atomic E-state index is 11.4. The van der Waals surface area contributed by atoms with Crippen molar-refractivity contribution in [3.05, 3.63) is 59.9 Å². The number of Topliss-reactive ketones (excluding diaryl/α,β-unsaturated/α-hetero) is 1. The van der Waals surface area contributed by atoms with Gasteiger partial charge in [0.05, 0.1) is 13.2 Å². The first-order chi connectivity index (χ1) is 13.2. The lowest BCUT2D eigenvalue weighted by molar-refractivity contribution is 0.0571. The highest BCUT2D eigenvalue weighted by Crippen LogP contribution is 2.29. The standard InChI is InChI=1S/C22H28N2O3/c1-18(25)19-6-4-8-21(16-19)27-15-14-26-13-12-24-11-3-2-9-22(24)20-7-5-10-23-17-20/h4-8,10,16-17,22H,2-3,9,11-15H2,1H3/t22-/m1/s1. The number of hydrogen-bond donors (Lipinski definition) is 0. The Morgan fingerprint density at radius 3 is 2.93 bits per heavy atom. The van der Waals surface area contributed by atoms with Gasteiger partial charge in [0, 0.05) is 30.5 Å². The number of carbonyl (C=O) groups excluding carboxylic acids is 1. The molecule has 0 amide bonds. The monoisotopic (exact) mass is 368 g/mol. The van der Waals surface area contributed by atoms with Crippen LogP contribution >= 0.6 is 0 Å². The first-order valence-electron chi connectivity index (χ1n) is 9.69. The molecule has 5 nitrogen and oxygen atoms in total. The second-order valence-electron chi connectivity index (χ2n) is 6.88. The topological polar surface area (TPSA) is 51.7 Å². The Morgan fingerprint density at radius 2 is 2.11 bits per heavy atom. The van der Waals surface area contributed by atoms with Crippen LogP contribution in [0.3, 0.4) is 0 Å². The summed E-state index contributed by atoms with van der Waals surface area (Å²) in [7, 11) is 0. The largest absolute Gasteiger partial charge is 0.491 e. The molecule has 0 N–H and O–H groups in total. The predicted molar refractivity (Wildman–Crippen MR) is 105 cm³/mol. The summed E-state index contributed by atoms with van der Waals surface area (Å²) in [6, 6.07) is 11.9. The summed E-state index contributed by atoms with van der Waals surface area (Å²) in [4.78, 5) is 18.2. The molecule has 1 atom stereocenters. The number of aromatic nitrogens is 1. The van der Waals surface area contributed by atoms with Crippen LogP contribution in [0, 0.1) is 0 Å². The fourth-order valence-electron chi connectivity index (χ4n) is 3.52. The zero-order valence-corrected chi connectivity index (χ0v) is 16.0. The molecule has 2 aromatic rings. The van der Waals surface area contributed by atoms with E-state index >= 15 is 0 Å². The van der Waals surface area contributed by atoms with Crippen molar-refractivity contribution in [2.24, 2.45) is 0 Å². The number of piperidine rings is 1. The van der Waals surface area contributed by atoms with Crippen molar-refractivity contribution in [2.45, 2.75) is 32.2 Å². The van der Waals surface area contributed by atoms with Gasteiger partial charge in [-0.2, -0.15) is 0 Å². The normalized spacial score (nSPS) is 17.6. The molecule has 0 aliphatic carbocycles. The molecule has 1 aliphatic rings. The second kappa shape index (κ2) is 10.2. The predicted octanol–water partition coefficient (Wildman–Crippen LogP) is 3.91. The van der Waals surface area contributed by atoms with Crippen LogP contribution < -0.4 is 4.74 Å². The summed E-state index contributed by atoms with van der Waals surface area (Å²) in [5.41, 5.74) is 1.96. The maximum Gasteiger partial charge on any atom is 0.159 e. The number of carbonyl (C=O) groups is 1. The highest BCUT2D eigenvalue weighted by molar-refractivity contribution is 5.94. The quantitative estimate of drug-likeness (QED) is 0.496. The lowest BCUT2D eigenvalue weighted by Gasteiger charge is -2.35. The third-order valence-corrected chi connectivity index (χ3v) is 4.94. The fourth-order valence-corrected chi connectivity index (χ4v) is 3.52. The Labute approximate surface area is 161 Å². The molecule has 0 bridgehead atoms. The van der Waals surface area contributed by atoms with Gasteiger partial charge in [-0.25, -0.2) is 0 Å². The van der Waals surface area contributed by atoms with E-state index in [1.807, 2.05) is 30.6 Å². The molecule has 1 saturated heterocycles. The lowest BCUT2D eigenvalue weighted by atomic mass is 9.96. The van der Waals surface area contributed by atoms with Crippen molar-refractivity contribution in [3.8, 4) is 5.75 Å². The molecule has 144 valence electrons. The van der Waals surface area contributed by atoms with Crippen molar-refractivity contribution in [1.29, 1.82) is 0 Å². The van der Waals surface area contributed by atoms with E-state index < -0.39 is 0 Å². The van der Waals surface area contributed by atoms with Crippen LogP contribution in [0.4, 0.5) is 0 Å². The van der Waals surface area contributed by atoms with Gasteiger partial charge in [-0.15, -0.1) is 0 Å². The molecule has 0 saturated carbocycles. The van der Waals surface area contributed by atoms with Crippen LogP contribution in [0.25, 0.3) is 0 Å². The Balaban J connectivity index is 1.38. The molecule has 0 unspecified atom stereocenters. The average molecular weight is 368 g/mol. The second-order valence-corrected chi connectivity index (χ2v) is 6.88. The minimum Gasteiger partial charge on any atom is -0.491 e. The molecule has 5 heteroatoms. The highest BCUT2D eigenvalue weighted by atomic mass is 16.5. The van der Waals surface area contributed by atoms with E-state index in [1.54, 1.807) is 19.1 Å². The third kappa shape index (κ3) is 5.88. The van der Waals surface area contributed by atoms with Crippen molar-refractivity contribution in [1.82, 2.24) is 9.88 Å². The van der Waals surface area contributed by atoms with E-state index in [0.29, 0.717) is 37.2 Å². The third-order valence-electron chi connectivity index (χ3n) is 4.94. The van der Waals surface area contributed by atoms with Gasteiger partial charge in [0.15, 0.2) is 5.78 Å². The number of nitrogens with zero attached hydrogens (tertiary/aromatic N) is 2. The van der Waals surface area contributed by atoms with E-state index in [4.69, 9.17) is 9.47 Å². The van der Waals surface area contributed by atoms with E-state index in [9.17, 15) is 4.79 Å². The first-order valence-corrected chi connectivity index (χ1v) is 9.69. The fraction of sp³-hybridized carbons (Fsp3) is 0.455. The van der Waals surface area contributed by atoms with Gasteiger partial charge >= 0.3 is 0 Å².